The van der Waals surface area contributed by atoms with Gasteiger partial charge in [0.2, 0.25) is 0 Å². The van der Waals surface area contributed by atoms with Crippen molar-refractivity contribution in [3.63, 3.8) is 0 Å². The molecular weight excluding hydrogens is 360 g/mol. The zero-order chi connectivity index (χ0) is 19.1. The quantitative estimate of drug-likeness (QED) is 0.373. The van der Waals surface area contributed by atoms with E-state index in [4.69, 9.17) is 21.7 Å². The van der Waals surface area contributed by atoms with E-state index >= 15 is 0 Å². The fraction of sp³-hybridized carbons (Fsp3) is 0.200. The van der Waals surface area contributed by atoms with Crippen LogP contribution in [0, 0.1) is 0 Å². The lowest BCUT2D eigenvalue weighted by molar-refractivity contribution is 0.298. The van der Waals surface area contributed by atoms with Crippen molar-refractivity contribution in [1.82, 2.24) is 15.3 Å². The van der Waals surface area contributed by atoms with Gasteiger partial charge < -0.3 is 19.4 Å². The second-order valence-corrected chi connectivity index (χ2v) is 6.18. The summed E-state index contributed by atoms with van der Waals surface area (Å²) < 4.78 is 13.2. The number of nitrogens with one attached hydrogen (secondary N) is 2. The average Bonchev–Trinajstić information content (AvgIpc) is 3.06. The van der Waals surface area contributed by atoms with Crippen LogP contribution in [0.15, 0.2) is 59.8 Å². The van der Waals surface area contributed by atoms with Gasteiger partial charge in [0.15, 0.2) is 5.11 Å². The van der Waals surface area contributed by atoms with Crippen LogP contribution in [-0.4, -0.2) is 36.7 Å². The van der Waals surface area contributed by atoms with Crippen molar-refractivity contribution in [3.05, 3.63) is 60.3 Å². The molecule has 6 nitrogen and oxygen atoms in total. The van der Waals surface area contributed by atoms with E-state index in [0.29, 0.717) is 18.3 Å². The fourth-order valence-corrected chi connectivity index (χ4v) is 2.78. The van der Waals surface area contributed by atoms with Gasteiger partial charge in [-0.15, -0.1) is 0 Å². The van der Waals surface area contributed by atoms with E-state index in [-0.39, 0.29) is 0 Å². The number of hydrazone groups is 1. The maximum Gasteiger partial charge on any atom is 0.186 e. The number of fused-ring (bicyclic) bond motifs is 1. The van der Waals surface area contributed by atoms with E-state index in [2.05, 4.69) is 38.7 Å². The van der Waals surface area contributed by atoms with Gasteiger partial charge in [0.25, 0.3) is 0 Å². The van der Waals surface area contributed by atoms with E-state index in [1.54, 1.807) is 20.4 Å². The number of thiocarbonyl (C=S) groups is 1. The van der Waals surface area contributed by atoms with Gasteiger partial charge in [-0.05, 0) is 30.4 Å². The van der Waals surface area contributed by atoms with Gasteiger partial charge in [-0.25, -0.2) is 0 Å². The van der Waals surface area contributed by atoms with Crippen molar-refractivity contribution in [2.75, 3.05) is 20.8 Å². The summed E-state index contributed by atoms with van der Waals surface area (Å²) in [6.45, 7) is 1.26. The summed E-state index contributed by atoms with van der Waals surface area (Å²) in [7, 11) is 3.39. The summed E-state index contributed by atoms with van der Waals surface area (Å²) in [5.41, 5.74) is 4.92. The third-order valence-corrected chi connectivity index (χ3v) is 4.35. The molecule has 0 aliphatic carbocycles. The number of rotatable bonds is 7. The zero-order valence-corrected chi connectivity index (χ0v) is 16.1. The molecular formula is C20H22N4O2S. The molecule has 0 aliphatic rings. The normalized spacial score (nSPS) is 10.9. The van der Waals surface area contributed by atoms with Gasteiger partial charge in [-0.3, -0.25) is 5.43 Å². The Kier molecular flexibility index (Phi) is 6.27. The molecule has 2 aromatic carbocycles. The molecule has 0 spiro atoms. The molecule has 3 aromatic rings. The summed E-state index contributed by atoms with van der Waals surface area (Å²) in [6, 6.07) is 15.8. The topological polar surface area (TPSA) is 59.8 Å². The van der Waals surface area contributed by atoms with Gasteiger partial charge >= 0.3 is 0 Å². The lowest BCUT2D eigenvalue weighted by Crippen LogP contribution is -2.28. The van der Waals surface area contributed by atoms with E-state index in [1.807, 2.05) is 36.4 Å². The number of benzene rings is 2. The summed E-state index contributed by atoms with van der Waals surface area (Å²) in [5, 5.41) is 8.61. The molecule has 1 aromatic heterocycles. The molecule has 0 unspecified atom stereocenters. The molecule has 0 aliphatic heterocycles. The van der Waals surface area contributed by atoms with Crippen LogP contribution < -0.4 is 20.2 Å². The first-order valence-electron chi connectivity index (χ1n) is 8.57. The van der Waals surface area contributed by atoms with Crippen LogP contribution in [0.2, 0.25) is 0 Å². The monoisotopic (exact) mass is 382 g/mol. The number of methoxy groups -OCH3 is 1. The van der Waals surface area contributed by atoms with E-state index in [9.17, 15) is 0 Å². The highest BCUT2D eigenvalue weighted by Gasteiger charge is 2.07. The lowest BCUT2D eigenvalue weighted by atomic mass is 10.2. The third-order valence-electron chi connectivity index (χ3n) is 4.06. The Bertz CT molecular complexity index is 952. The summed E-state index contributed by atoms with van der Waals surface area (Å²) in [6.07, 6.45) is 3.83. The molecule has 0 amide bonds. The lowest BCUT2D eigenvalue weighted by Gasteiger charge is -2.09. The first-order valence-corrected chi connectivity index (χ1v) is 8.97. The van der Waals surface area contributed by atoms with Crippen LogP contribution in [0.4, 0.5) is 0 Å². The van der Waals surface area contributed by atoms with Crippen molar-refractivity contribution in [1.29, 1.82) is 0 Å². The van der Waals surface area contributed by atoms with E-state index < -0.39 is 0 Å². The molecule has 27 heavy (non-hydrogen) atoms. The highest BCUT2D eigenvalue weighted by Crippen LogP contribution is 2.21. The Hall–Kier alpha value is -3.06. The van der Waals surface area contributed by atoms with Crippen molar-refractivity contribution in [3.8, 4) is 11.5 Å². The molecule has 0 bridgehead atoms. The number of aromatic nitrogens is 1. The first-order chi connectivity index (χ1) is 13.2. The Morgan fingerprint density at radius 3 is 2.81 bits per heavy atom. The molecule has 0 fully saturated rings. The molecule has 7 heteroatoms. The number of hydrogen-bond donors (Lipinski definition) is 2. The maximum atomic E-state index is 5.87. The minimum absolute atomic E-state index is 0.474. The summed E-state index contributed by atoms with van der Waals surface area (Å²) >= 11 is 5.03. The van der Waals surface area contributed by atoms with Gasteiger partial charge in [0, 0.05) is 35.8 Å². The van der Waals surface area contributed by atoms with Crippen molar-refractivity contribution < 1.29 is 9.47 Å². The van der Waals surface area contributed by atoms with Crippen LogP contribution in [0.25, 0.3) is 10.9 Å². The highest BCUT2D eigenvalue weighted by atomic mass is 32.1. The average molecular weight is 382 g/mol. The molecule has 1 heterocycles. The molecule has 140 valence electrons. The van der Waals surface area contributed by atoms with Gasteiger partial charge in [0.1, 0.15) is 18.1 Å². The fourth-order valence-electron chi connectivity index (χ4n) is 2.73. The predicted molar refractivity (Wildman–Crippen MR) is 113 cm³/mol. The summed E-state index contributed by atoms with van der Waals surface area (Å²) in [5.74, 6) is 1.57. The van der Waals surface area contributed by atoms with Gasteiger partial charge in [0.05, 0.1) is 19.9 Å². The third kappa shape index (κ3) is 4.77. The van der Waals surface area contributed by atoms with Crippen molar-refractivity contribution in [2.24, 2.45) is 5.10 Å². The van der Waals surface area contributed by atoms with Gasteiger partial charge in [-0.2, -0.15) is 5.10 Å². The number of nitrogens with zero attached hydrogens (tertiary/aromatic N) is 2. The van der Waals surface area contributed by atoms with Gasteiger partial charge in [-0.1, -0.05) is 24.3 Å². The summed E-state index contributed by atoms with van der Waals surface area (Å²) in [4.78, 5) is 0. The van der Waals surface area contributed by atoms with Crippen LogP contribution in [-0.2, 0) is 6.54 Å². The Balaban J connectivity index is 1.71. The molecule has 0 saturated heterocycles. The zero-order valence-electron chi connectivity index (χ0n) is 15.3. The molecule has 0 atom stereocenters. The number of para-hydroxylation sites is 1. The van der Waals surface area contributed by atoms with E-state index in [0.717, 1.165) is 28.0 Å². The van der Waals surface area contributed by atoms with Crippen LogP contribution >= 0.6 is 12.2 Å². The smallest absolute Gasteiger partial charge is 0.186 e. The minimum Gasteiger partial charge on any atom is -0.497 e. The number of ether oxygens (including phenoxy) is 2. The van der Waals surface area contributed by atoms with Crippen LogP contribution in [0.3, 0.4) is 0 Å². The molecule has 2 N–H and O–H groups in total. The second-order valence-electron chi connectivity index (χ2n) is 5.77. The maximum absolute atomic E-state index is 5.87. The largest absolute Gasteiger partial charge is 0.497 e. The molecule has 0 saturated carbocycles. The minimum atomic E-state index is 0.474. The van der Waals surface area contributed by atoms with Crippen LogP contribution in [0.5, 0.6) is 11.5 Å². The highest BCUT2D eigenvalue weighted by molar-refractivity contribution is 7.80. The molecule has 3 rings (SSSR count). The SMILES string of the molecule is CNC(=S)N/N=C\c1cn(CCOc2cccc(OC)c2)c2ccccc12. The number of hydrogen-bond acceptors (Lipinski definition) is 4. The second kappa shape index (κ2) is 9.05. The Morgan fingerprint density at radius 1 is 1.19 bits per heavy atom. The van der Waals surface area contributed by atoms with E-state index in [1.165, 1.54) is 0 Å². The first kappa shape index (κ1) is 18.7. The standard InChI is InChI=1S/C20H22N4O2S/c1-21-20(27)23-22-13-15-14-24(19-9-4-3-8-18(15)19)10-11-26-17-7-5-6-16(12-17)25-2/h3-9,12-14H,10-11H2,1-2H3,(H2,21,23,27)/b22-13-. The molecule has 0 radical (unpaired) electrons. The Labute approximate surface area is 163 Å². The van der Waals surface area contributed by atoms with Crippen molar-refractivity contribution in [2.45, 2.75) is 6.54 Å². The predicted octanol–water partition coefficient (Wildman–Crippen LogP) is 3.16. The van der Waals surface area contributed by atoms with Crippen LogP contribution in [0.1, 0.15) is 5.56 Å². The Morgan fingerprint density at radius 2 is 2.00 bits per heavy atom. The van der Waals surface area contributed by atoms with Crippen molar-refractivity contribution >= 4 is 34.4 Å².